The van der Waals surface area contributed by atoms with Crippen molar-refractivity contribution in [2.75, 3.05) is 159 Å². The molecule has 0 N–H and O–H groups in total. The Labute approximate surface area is 500 Å². The second-order valence-electron chi connectivity index (χ2n) is 22.3. The predicted molar refractivity (Wildman–Crippen MR) is 319 cm³/mol. The van der Waals surface area contributed by atoms with Gasteiger partial charge >= 0.3 is 0 Å². The highest BCUT2D eigenvalue weighted by Crippen LogP contribution is 2.28. The molecular formula is C60H107N3O17S2. The standard InChI is InChI=1S/C60H107N3O17S2/c1-60(2,3)26-20-23-55(66)61(27-14-8-10-18-41-81-53-43-56(67)62(58(53)69)29-24-49(64)21-12-16-31-75-45-51(79-39-35-73-6)47-77-37-33-71-4)28-15-9-11-19-42-82-54-44-57(68)63(59(54)70)30-25-50(65)22-13-17-32-76-46-52(80-40-36-74-7)48-78-38-34-72-5/h51-54H,8-48H2,1-7H3. The van der Waals surface area contributed by atoms with Gasteiger partial charge in [0.05, 0.1) is 89.8 Å². The summed E-state index contributed by atoms with van der Waals surface area (Å²) in [5, 5.41) is -0.822. The smallest absolute Gasteiger partial charge is 0.242 e. The first-order valence-electron chi connectivity index (χ1n) is 30.4. The lowest BCUT2D eigenvalue weighted by molar-refractivity contribution is -0.140. The van der Waals surface area contributed by atoms with Crippen molar-refractivity contribution in [1.82, 2.24) is 14.7 Å². The summed E-state index contributed by atoms with van der Waals surface area (Å²) in [4.78, 5) is 95.2. The molecule has 2 aliphatic heterocycles. The molecule has 0 spiro atoms. The van der Waals surface area contributed by atoms with Gasteiger partial charge in [-0.3, -0.25) is 43.4 Å². The van der Waals surface area contributed by atoms with E-state index in [4.69, 9.17) is 47.4 Å². The molecule has 0 aromatic carbocycles. The molecule has 0 aliphatic carbocycles. The maximum absolute atomic E-state index is 13.5. The average molecular weight is 1210 g/mol. The van der Waals surface area contributed by atoms with E-state index < -0.39 is 10.5 Å². The van der Waals surface area contributed by atoms with Gasteiger partial charge < -0.3 is 52.3 Å². The number of imide groups is 2. The molecule has 0 saturated carbocycles. The summed E-state index contributed by atoms with van der Waals surface area (Å²) >= 11 is 3.05. The van der Waals surface area contributed by atoms with E-state index in [1.54, 1.807) is 28.4 Å². The van der Waals surface area contributed by atoms with Crippen LogP contribution in [0.15, 0.2) is 0 Å². The van der Waals surface area contributed by atoms with Crippen molar-refractivity contribution in [2.24, 2.45) is 5.41 Å². The number of carbonyl (C=O) groups excluding carboxylic acids is 7. The number of hydrogen-bond donors (Lipinski definition) is 0. The third-order valence-corrected chi connectivity index (χ3v) is 16.5. The molecule has 0 bridgehead atoms. The summed E-state index contributed by atoms with van der Waals surface area (Å²) in [5.41, 5.74) is 0.165. The molecule has 0 aromatic heterocycles. The van der Waals surface area contributed by atoms with E-state index in [0.717, 1.165) is 75.7 Å². The zero-order valence-electron chi connectivity index (χ0n) is 51.4. The molecule has 82 heavy (non-hydrogen) atoms. The van der Waals surface area contributed by atoms with E-state index in [1.807, 2.05) is 4.90 Å². The average Bonchev–Trinajstić information content (AvgIpc) is 3.89. The van der Waals surface area contributed by atoms with Gasteiger partial charge in [-0.15, -0.1) is 23.5 Å². The van der Waals surface area contributed by atoms with Gasteiger partial charge in [0.1, 0.15) is 23.8 Å². The van der Waals surface area contributed by atoms with Crippen molar-refractivity contribution in [3.63, 3.8) is 0 Å². The molecule has 0 aromatic rings. The molecule has 2 saturated heterocycles. The molecular weight excluding hydrogens is 1100 g/mol. The first-order valence-corrected chi connectivity index (χ1v) is 32.5. The van der Waals surface area contributed by atoms with Crippen LogP contribution in [0.5, 0.6) is 0 Å². The van der Waals surface area contributed by atoms with E-state index in [9.17, 15) is 33.6 Å². The number of amides is 5. The van der Waals surface area contributed by atoms with Crippen LogP contribution in [0.1, 0.15) is 156 Å². The molecule has 20 nitrogen and oxygen atoms in total. The van der Waals surface area contributed by atoms with Crippen LogP contribution in [-0.4, -0.2) is 237 Å². The third kappa shape index (κ3) is 37.1. The van der Waals surface area contributed by atoms with Crippen molar-refractivity contribution in [1.29, 1.82) is 0 Å². The van der Waals surface area contributed by atoms with E-state index in [1.165, 1.54) is 33.3 Å². The molecule has 2 aliphatic rings. The Morgan fingerprint density at radius 1 is 0.476 bits per heavy atom. The number of ketones is 2. The van der Waals surface area contributed by atoms with Crippen molar-refractivity contribution in [2.45, 2.75) is 178 Å². The van der Waals surface area contributed by atoms with Crippen molar-refractivity contribution in [3.8, 4) is 0 Å². The molecule has 4 atom stereocenters. The molecule has 22 heteroatoms. The third-order valence-electron chi connectivity index (χ3n) is 13.9. The summed E-state index contributed by atoms with van der Waals surface area (Å²) in [5.74, 6) is 0.949. The Bertz CT molecular complexity index is 1640. The number of unbranched alkanes of at least 4 members (excludes halogenated alkanes) is 8. The molecule has 0 radical (unpaired) electrons. The topological polar surface area (TPSA) is 222 Å². The molecule has 2 fully saturated rings. The molecule has 5 amide bonds. The monoisotopic (exact) mass is 1210 g/mol. The number of thioether (sulfide) groups is 2. The van der Waals surface area contributed by atoms with Gasteiger partial charge in [-0.2, -0.15) is 0 Å². The highest BCUT2D eigenvalue weighted by molar-refractivity contribution is 8.00. The molecule has 2 rings (SSSR count). The minimum atomic E-state index is -0.411. The maximum Gasteiger partial charge on any atom is 0.242 e. The van der Waals surface area contributed by atoms with Crippen LogP contribution < -0.4 is 0 Å². The second kappa shape index (κ2) is 48.5. The first kappa shape index (κ1) is 75.5. The van der Waals surface area contributed by atoms with Gasteiger partial charge in [0.15, 0.2) is 0 Å². The molecule has 476 valence electrons. The molecule has 4 unspecified atom stereocenters. The number of ether oxygens (including phenoxy) is 10. The summed E-state index contributed by atoms with van der Waals surface area (Å²) < 4.78 is 54.5. The number of rotatable bonds is 57. The van der Waals surface area contributed by atoms with Crippen LogP contribution in [0.25, 0.3) is 0 Å². The normalized spacial score (nSPS) is 16.5. The van der Waals surface area contributed by atoms with Crippen LogP contribution >= 0.6 is 23.5 Å². The predicted octanol–water partition coefficient (Wildman–Crippen LogP) is 7.56. The Kier molecular flexibility index (Phi) is 44.6. The highest BCUT2D eigenvalue weighted by atomic mass is 32.2. The number of Topliss-reactive ketones (excluding diaryl/α,β-unsaturated/α-hetero) is 2. The Hall–Kier alpha value is -2.61. The lowest BCUT2D eigenvalue weighted by atomic mass is 9.90. The van der Waals surface area contributed by atoms with Crippen LogP contribution in [0, 0.1) is 5.41 Å². The molecule has 2 heterocycles. The Balaban J connectivity index is 1.62. The summed E-state index contributed by atoms with van der Waals surface area (Å²) in [6, 6.07) is 0. The lowest BCUT2D eigenvalue weighted by Gasteiger charge is -2.24. The number of hydrogen-bond acceptors (Lipinski definition) is 19. The van der Waals surface area contributed by atoms with Gasteiger partial charge in [0, 0.05) is 113 Å². The van der Waals surface area contributed by atoms with Crippen molar-refractivity contribution < 1.29 is 80.9 Å². The van der Waals surface area contributed by atoms with Crippen LogP contribution in [-0.2, 0) is 80.9 Å². The minimum Gasteiger partial charge on any atom is -0.382 e. The van der Waals surface area contributed by atoms with Gasteiger partial charge in [-0.05, 0) is 81.1 Å². The Morgan fingerprint density at radius 3 is 1.27 bits per heavy atom. The van der Waals surface area contributed by atoms with Gasteiger partial charge in [0.2, 0.25) is 29.5 Å². The summed E-state index contributed by atoms with van der Waals surface area (Å²) in [7, 11) is 6.47. The number of nitrogens with zero attached hydrogens (tertiary/aromatic N) is 3. The SMILES string of the molecule is COCCOCC(COCCCCC(=O)CCN1C(=O)CC(SCCCCCCN(CCCCCCSC2CC(=O)N(CCC(=O)CCCCOCC(COCCOC)OCCOC)C2=O)C(=O)CCCC(C)(C)C)C1=O)OCCOC. The number of likely N-dealkylation sites (tertiary alicyclic amines) is 2. The van der Waals surface area contributed by atoms with Crippen LogP contribution in [0.3, 0.4) is 0 Å². The van der Waals surface area contributed by atoms with Crippen LogP contribution in [0.4, 0.5) is 0 Å². The fourth-order valence-electron chi connectivity index (χ4n) is 9.10. The minimum absolute atomic E-state index is 0.0225. The van der Waals surface area contributed by atoms with E-state index in [-0.39, 0.29) is 97.5 Å². The fourth-order valence-corrected chi connectivity index (χ4v) is 11.5. The van der Waals surface area contributed by atoms with Crippen molar-refractivity contribution in [3.05, 3.63) is 0 Å². The highest BCUT2D eigenvalue weighted by Gasteiger charge is 2.39. The lowest BCUT2D eigenvalue weighted by Crippen LogP contribution is -2.33. The largest absolute Gasteiger partial charge is 0.382 e. The zero-order chi connectivity index (χ0) is 60.1. The van der Waals surface area contributed by atoms with Gasteiger partial charge in [-0.25, -0.2) is 0 Å². The second-order valence-corrected chi connectivity index (χ2v) is 24.9. The Morgan fingerprint density at radius 2 is 0.866 bits per heavy atom. The van der Waals surface area contributed by atoms with E-state index in [2.05, 4.69) is 20.8 Å². The fraction of sp³-hybridized carbons (Fsp3) is 0.883. The van der Waals surface area contributed by atoms with Gasteiger partial charge in [0.25, 0.3) is 0 Å². The summed E-state index contributed by atoms with van der Waals surface area (Å²) in [6.45, 7) is 14.5. The summed E-state index contributed by atoms with van der Waals surface area (Å²) in [6.07, 6.45) is 13.5. The maximum atomic E-state index is 13.5. The number of carbonyl (C=O) groups is 7. The van der Waals surface area contributed by atoms with E-state index >= 15 is 0 Å². The first-order chi connectivity index (χ1) is 39.6. The number of methoxy groups -OCH3 is 4. The van der Waals surface area contributed by atoms with E-state index in [0.29, 0.717) is 151 Å². The van der Waals surface area contributed by atoms with Gasteiger partial charge in [-0.1, -0.05) is 46.5 Å². The zero-order valence-corrected chi connectivity index (χ0v) is 53.0. The quantitative estimate of drug-likeness (QED) is 0.0423. The van der Waals surface area contributed by atoms with Crippen LogP contribution in [0.2, 0.25) is 0 Å². The van der Waals surface area contributed by atoms with Crippen molar-refractivity contribution >= 4 is 64.6 Å².